The third-order valence-electron chi connectivity index (χ3n) is 2.01. The molecule has 0 spiro atoms. The highest BCUT2D eigenvalue weighted by Crippen LogP contribution is 2.18. The molecule has 0 bridgehead atoms. The summed E-state index contributed by atoms with van der Waals surface area (Å²) in [6.07, 6.45) is 2.63. The maximum Gasteiger partial charge on any atom is 0.213 e. The molecule has 0 radical (unpaired) electrons. The second-order valence-electron chi connectivity index (χ2n) is 3.28. The van der Waals surface area contributed by atoms with Crippen LogP contribution in [0.15, 0.2) is 24.8 Å². The van der Waals surface area contributed by atoms with Crippen molar-refractivity contribution in [1.82, 2.24) is 10.3 Å². The molecule has 88 valence electrons. The highest BCUT2D eigenvalue weighted by Gasteiger charge is 2.03. The van der Waals surface area contributed by atoms with E-state index in [1.807, 2.05) is 19.1 Å². The van der Waals surface area contributed by atoms with Crippen LogP contribution < -0.4 is 10.1 Å². The van der Waals surface area contributed by atoms with Gasteiger partial charge in [0.25, 0.3) is 0 Å². The Bertz CT molecular complexity index is 342. The summed E-state index contributed by atoms with van der Waals surface area (Å²) in [5, 5.41) is 3.85. The molecule has 0 aliphatic rings. The lowest BCUT2D eigenvalue weighted by atomic mass is 10.3. The molecule has 3 nitrogen and oxygen atoms in total. The van der Waals surface area contributed by atoms with Crippen molar-refractivity contribution in [3.8, 4) is 5.88 Å². The van der Waals surface area contributed by atoms with Crippen molar-refractivity contribution in [2.45, 2.75) is 19.9 Å². The van der Waals surface area contributed by atoms with Crippen LogP contribution in [-0.4, -0.2) is 18.1 Å². The van der Waals surface area contributed by atoms with Gasteiger partial charge in [-0.15, -0.1) is 6.58 Å². The van der Waals surface area contributed by atoms with Gasteiger partial charge in [0.1, 0.15) is 0 Å². The lowest BCUT2D eigenvalue weighted by Crippen LogP contribution is -2.13. The number of halogens is 1. The predicted octanol–water partition coefficient (Wildman–Crippen LogP) is 2.80. The summed E-state index contributed by atoms with van der Waals surface area (Å²) < 4.78 is 5.45. The lowest BCUT2D eigenvalue weighted by Gasteiger charge is -2.08. The van der Waals surface area contributed by atoms with Gasteiger partial charge in [-0.3, -0.25) is 0 Å². The van der Waals surface area contributed by atoms with Gasteiger partial charge in [-0.25, -0.2) is 4.98 Å². The largest absolute Gasteiger partial charge is 0.477 e. The van der Waals surface area contributed by atoms with Crippen LogP contribution in [0.1, 0.15) is 19.0 Å². The summed E-state index contributed by atoms with van der Waals surface area (Å²) >= 11 is 6.02. The fraction of sp³-hybridized carbons (Fsp3) is 0.417. The normalized spacial score (nSPS) is 10.1. The average molecular weight is 241 g/mol. The molecule has 0 saturated heterocycles. The van der Waals surface area contributed by atoms with Crippen molar-refractivity contribution in [2.24, 2.45) is 0 Å². The van der Waals surface area contributed by atoms with Crippen molar-refractivity contribution in [3.63, 3.8) is 0 Å². The third kappa shape index (κ3) is 4.21. The van der Waals surface area contributed by atoms with E-state index in [4.69, 9.17) is 16.3 Å². The molecule has 1 N–H and O–H groups in total. The Labute approximate surface area is 101 Å². The molecule has 0 aromatic carbocycles. The topological polar surface area (TPSA) is 34.1 Å². The zero-order valence-electron chi connectivity index (χ0n) is 9.50. The van der Waals surface area contributed by atoms with E-state index < -0.39 is 0 Å². The van der Waals surface area contributed by atoms with Crippen LogP contribution in [0.25, 0.3) is 0 Å². The Hall–Kier alpha value is -1.06. The molecule has 0 saturated carbocycles. The first-order valence-electron chi connectivity index (χ1n) is 5.37. The number of nitrogens with zero attached hydrogens (tertiary/aromatic N) is 1. The minimum absolute atomic E-state index is 0.596. The molecule has 0 aliphatic heterocycles. The van der Waals surface area contributed by atoms with E-state index in [1.54, 1.807) is 6.07 Å². The first-order valence-corrected chi connectivity index (χ1v) is 5.75. The molecule has 1 aromatic rings. The van der Waals surface area contributed by atoms with Crippen molar-refractivity contribution in [3.05, 3.63) is 35.5 Å². The summed E-state index contributed by atoms with van der Waals surface area (Å²) in [6, 6.07) is 3.59. The SMILES string of the molecule is C=CCCOc1ccc(Cl)c(CNCC)n1. The Morgan fingerprint density at radius 1 is 1.56 bits per heavy atom. The molecule has 0 unspecified atom stereocenters. The number of nitrogens with one attached hydrogen (secondary N) is 1. The highest BCUT2D eigenvalue weighted by molar-refractivity contribution is 6.31. The first-order chi connectivity index (χ1) is 7.77. The Kier molecular flexibility index (Phi) is 5.90. The average Bonchev–Trinajstić information content (AvgIpc) is 2.30. The van der Waals surface area contributed by atoms with Gasteiger partial charge >= 0.3 is 0 Å². The summed E-state index contributed by atoms with van der Waals surface area (Å²) in [5.41, 5.74) is 0.819. The van der Waals surface area contributed by atoms with Crippen LogP contribution in [0.3, 0.4) is 0 Å². The second kappa shape index (κ2) is 7.25. The summed E-state index contributed by atoms with van der Waals surface area (Å²) in [7, 11) is 0. The maximum absolute atomic E-state index is 6.02. The van der Waals surface area contributed by atoms with Gasteiger partial charge in [-0.05, 0) is 19.0 Å². The van der Waals surface area contributed by atoms with Gasteiger partial charge in [0, 0.05) is 12.6 Å². The zero-order chi connectivity index (χ0) is 11.8. The summed E-state index contributed by atoms with van der Waals surface area (Å²) in [6.45, 7) is 7.82. The van der Waals surface area contributed by atoms with Gasteiger partial charge < -0.3 is 10.1 Å². The van der Waals surface area contributed by atoms with Crippen molar-refractivity contribution in [2.75, 3.05) is 13.2 Å². The van der Waals surface area contributed by atoms with Crippen LogP contribution >= 0.6 is 11.6 Å². The van der Waals surface area contributed by atoms with Crippen molar-refractivity contribution in [1.29, 1.82) is 0 Å². The van der Waals surface area contributed by atoms with Gasteiger partial charge in [0.05, 0.1) is 17.3 Å². The van der Waals surface area contributed by atoms with E-state index in [9.17, 15) is 0 Å². The molecule has 1 heterocycles. The standard InChI is InChI=1S/C12H17ClN2O/c1-3-5-8-16-12-7-6-10(13)11(15-12)9-14-4-2/h3,6-7,14H,1,4-5,8-9H2,2H3. The van der Waals surface area contributed by atoms with E-state index in [-0.39, 0.29) is 0 Å². The highest BCUT2D eigenvalue weighted by atomic mass is 35.5. The fourth-order valence-corrected chi connectivity index (χ4v) is 1.33. The Balaban J connectivity index is 2.61. The van der Waals surface area contributed by atoms with Gasteiger partial charge in [-0.2, -0.15) is 0 Å². The summed E-state index contributed by atoms with van der Waals surface area (Å²) in [4.78, 5) is 4.33. The third-order valence-corrected chi connectivity index (χ3v) is 2.35. The van der Waals surface area contributed by atoms with E-state index in [0.29, 0.717) is 24.1 Å². The summed E-state index contributed by atoms with van der Waals surface area (Å²) in [5.74, 6) is 0.610. The monoisotopic (exact) mass is 240 g/mol. The molecule has 16 heavy (non-hydrogen) atoms. The van der Waals surface area contributed by atoms with Crippen LogP contribution in [0.5, 0.6) is 5.88 Å². The minimum atomic E-state index is 0.596. The molecule has 0 atom stereocenters. The zero-order valence-corrected chi connectivity index (χ0v) is 10.3. The molecule has 1 aromatic heterocycles. The van der Waals surface area contributed by atoms with Gasteiger partial charge in [0.2, 0.25) is 5.88 Å². The van der Waals surface area contributed by atoms with Gasteiger partial charge in [0.15, 0.2) is 0 Å². The molecule has 0 aliphatic carbocycles. The van der Waals surface area contributed by atoms with Crippen molar-refractivity contribution >= 4 is 11.6 Å². The van der Waals surface area contributed by atoms with Crippen LogP contribution in [0.4, 0.5) is 0 Å². The van der Waals surface area contributed by atoms with E-state index >= 15 is 0 Å². The maximum atomic E-state index is 6.02. The molecule has 0 fully saturated rings. The quantitative estimate of drug-likeness (QED) is 0.588. The van der Waals surface area contributed by atoms with E-state index in [1.165, 1.54) is 0 Å². The first kappa shape index (κ1) is 13.0. The lowest BCUT2D eigenvalue weighted by molar-refractivity contribution is 0.311. The van der Waals surface area contributed by atoms with Crippen LogP contribution in [0, 0.1) is 0 Å². The van der Waals surface area contributed by atoms with Gasteiger partial charge in [-0.1, -0.05) is 24.6 Å². The van der Waals surface area contributed by atoms with Crippen molar-refractivity contribution < 1.29 is 4.74 Å². The number of aromatic nitrogens is 1. The van der Waals surface area contributed by atoms with E-state index in [2.05, 4.69) is 16.9 Å². The molecule has 1 rings (SSSR count). The predicted molar refractivity (Wildman–Crippen MR) is 66.9 cm³/mol. The number of hydrogen-bond donors (Lipinski definition) is 1. The second-order valence-corrected chi connectivity index (χ2v) is 3.69. The molecule has 4 heteroatoms. The minimum Gasteiger partial charge on any atom is -0.477 e. The number of pyridine rings is 1. The molecular weight excluding hydrogens is 224 g/mol. The van der Waals surface area contributed by atoms with E-state index in [0.717, 1.165) is 18.7 Å². The molecular formula is C12H17ClN2O. The number of ether oxygens (including phenoxy) is 1. The molecule has 0 amide bonds. The number of hydrogen-bond acceptors (Lipinski definition) is 3. The Morgan fingerprint density at radius 2 is 2.38 bits per heavy atom. The number of rotatable bonds is 7. The van der Waals surface area contributed by atoms with Crippen LogP contribution in [-0.2, 0) is 6.54 Å². The fourth-order valence-electron chi connectivity index (χ4n) is 1.16. The Morgan fingerprint density at radius 3 is 3.06 bits per heavy atom. The smallest absolute Gasteiger partial charge is 0.213 e. The van der Waals surface area contributed by atoms with Crippen LogP contribution in [0.2, 0.25) is 5.02 Å².